The van der Waals surface area contributed by atoms with Gasteiger partial charge in [0.2, 0.25) is 10.0 Å². The van der Waals surface area contributed by atoms with Crippen molar-refractivity contribution in [2.24, 2.45) is 0 Å². The molecule has 0 spiro atoms. The van der Waals surface area contributed by atoms with E-state index < -0.39 is 10.0 Å². The summed E-state index contributed by atoms with van der Waals surface area (Å²) in [6, 6.07) is 6.84. The number of nitrogens with zero attached hydrogens (tertiary/aromatic N) is 2. The zero-order chi connectivity index (χ0) is 19.6. The number of benzene rings is 1. The molecule has 7 nitrogen and oxygen atoms in total. The van der Waals surface area contributed by atoms with Gasteiger partial charge in [-0.1, -0.05) is 12.1 Å². The number of nitrogens with one attached hydrogen (secondary N) is 2. The first-order valence-corrected chi connectivity index (χ1v) is 10.7. The molecule has 8 heteroatoms. The van der Waals surface area contributed by atoms with Crippen molar-refractivity contribution >= 4 is 15.9 Å². The van der Waals surface area contributed by atoms with Crippen LogP contribution in [0.2, 0.25) is 0 Å². The average Bonchev–Trinajstić information content (AvgIpc) is 3.17. The van der Waals surface area contributed by atoms with Crippen molar-refractivity contribution in [1.29, 1.82) is 0 Å². The predicted molar refractivity (Wildman–Crippen MR) is 104 cm³/mol. The van der Waals surface area contributed by atoms with Gasteiger partial charge < -0.3 is 10.3 Å². The lowest BCUT2D eigenvalue weighted by atomic mass is 10.1. The minimum atomic E-state index is -3.27. The summed E-state index contributed by atoms with van der Waals surface area (Å²) in [5.41, 5.74) is 1.40. The fraction of sp³-hybridized carbons (Fsp3) is 0.474. The number of carbonyl (C=O) groups excluding carboxylic acids is 1. The van der Waals surface area contributed by atoms with Crippen molar-refractivity contribution in [3.63, 3.8) is 0 Å². The molecule has 2 heterocycles. The molecule has 0 saturated carbocycles. The summed E-state index contributed by atoms with van der Waals surface area (Å²) in [6.45, 7) is 5.90. The summed E-state index contributed by atoms with van der Waals surface area (Å²) in [6.07, 6.45) is 4.92. The normalized spacial score (nSPS) is 23.7. The van der Waals surface area contributed by atoms with Crippen LogP contribution >= 0.6 is 0 Å². The zero-order valence-electron chi connectivity index (χ0n) is 15.8. The fourth-order valence-electron chi connectivity index (χ4n) is 3.30. The Hall–Kier alpha value is -2.19. The molecule has 2 N–H and O–H groups in total. The standard InChI is InChI=1S/C19H26N4O3S/c1-13-4-5-14(2)27(25,26)23(13)12-16-6-8-17(9-7-16)19(24)22-15(3)18-20-10-11-21-18/h6-11,13-15H,4-5,12H2,1-3H3,(H,20,21)(H,22,24)/t13-,14?,15?/m0/s1. The molecule has 0 bridgehead atoms. The van der Waals surface area contributed by atoms with E-state index in [0.29, 0.717) is 24.4 Å². The van der Waals surface area contributed by atoms with Crippen molar-refractivity contribution in [2.45, 2.75) is 57.5 Å². The summed E-state index contributed by atoms with van der Waals surface area (Å²) >= 11 is 0. The van der Waals surface area contributed by atoms with E-state index in [2.05, 4.69) is 15.3 Å². The van der Waals surface area contributed by atoms with Gasteiger partial charge >= 0.3 is 0 Å². The van der Waals surface area contributed by atoms with E-state index >= 15 is 0 Å². The van der Waals surface area contributed by atoms with Gasteiger partial charge in [-0.15, -0.1) is 0 Å². The summed E-state index contributed by atoms with van der Waals surface area (Å²) in [4.78, 5) is 19.5. The van der Waals surface area contributed by atoms with E-state index in [1.807, 2.05) is 26.0 Å². The largest absolute Gasteiger partial charge is 0.347 e. The van der Waals surface area contributed by atoms with Gasteiger partial charge in [-0.25, -0.2) is 13.4 Å². The number of H-pyrrole nitrogens is 1. The lowest BCUT2D eigenvalue weighted by molar-refractivity contribution is 0.0938. The molecule has 1 aromatic carbocycles. The number of aromatic nitrogens is 2. The summed E-state index contributed by atoms with van der Waals surface area (Å²) in [7, 11) is -3.27. The molecule has 1 fully saturated rings. The van der Waals surface area contributed by atoms with Gasteiger partial charge in [-0.3, -0.25) is 4.79 Å². The van der Waals surface area contributed by atoms with Gasteiger partial charge in [0.25, 0.3) is 5.91 Å². The Bertz CT molecular complexity index is 878. The molecule has 0 aliphatic carbocycles. The molecular weight excluding hydrogens is 364 g/mol. The van der Waals surface area contributed by atoms with Gasteiger partial charge in [0.1, 0.15) is 5.82 Å². The van der Waals surface area contributed by atoms with Crippen LogP contribution in [-0.4, -0.2) is 39.9 Å². The third kappa shape index (κ3) is 4.22. The minimum Gasteiger partial charge on any atom is -0.347 e. The molecular formula is C19H26N4O3S. The highest BCUT2D eigenvalue weighted by Gasteiger charge is 2.36. The topological polar surface area (TPSA) is 95.2 Å². The van der Waals surface area contributed by atoms with E-state index in [9.17, 15) is 13.2 Å². The maximum absolute atomic E-state index is 12.6. The second-order valence-corrected chi connectivity index (χ2v) is 9.50. The number of rotatable bonds is 5. The first-order valence-electron chi connectivity index (χ1n) is 9.18. The van der Waals surface area contributed by atoms with E-state index in [1.54, 1.807) is 35.8 Å². The van der Waals surface area contributed by atoms with Crippen LogP contribution in [0.15, 0.2) is 36.7 Å². The number of aromatic amines is 1. The van der Waals surface area contributed by atoms with Gasteiger partial charge in [0.05, 0.1) is 11.3 Å². The molecule has 1 aromatic heterocycles. The second-order valence-electron chi connectivity index (χ2n) is 7.19. The number of carbonyl (C=O) groups is 1. The Labute approximate surface area is 160 Å². The van der Waals surface area contributed by atoms with Crippen LogP contribution in [0.1, 0.15) is 61.4 Å². The molecule has 1 aliphatic rings. The van der Waals surface area contributed by atoms with Crippen molar-refractivity contribution in [2.75, 3.05) is 0 Å². The smallest absolute Gasteiger partial charge is 0.251 e. The van der Waals surface area contributed by atoms with E-state index in [4.69, 9.17) is 0 Å². The number of hydrogen-bond acceptors (Lipinski definition) is 4. The van der Waals surface area contributed by atoms with E-state index in [1.165, 1.54) is 0 Å². The highest BCUT2D eigenvalue weighted by Crippen LogP contribution is 2.27. The zero-order valence-corrected chi connectivity index (χ0v) is 16.7. The summed E-state index contributed by atoms with van der Waals surface area (Å²) in [5, 5.41) is 2.54. The Morgan fingerprint density at radius 3 is 2.63 bits per heavy atom. The third-order valence-corrected chi connectivity index (χ3v) is 7.54. The quantitative estimate of drug-likeness (QED) is 0.820. The van der Waals surface area contributed by atoms with E-state index in [-0.39, 0.29) is 23.2 Å². The average molecular weight is 391 g/mol. The van der Waals surface area contributed by atoms with Gasteiger partial charge in [-0.05, 0) is 51.3 Å². The van der Waals surface area contributed by atoms with Crippen molar-refractivity contribution in [3.8, 4) is 0 Å². The van der Waals surface area contributed by atoms with Crippen molar-refractivity contribution < 1.29 is 13.2 Å². The highest BCUT2D eigenvalue weighted by molar-refractivity contribution is 7.89. The second kappa shape index (κ2) is 7.82. The maximum atomic E-state index is 12.6. The Morgan fingerprint density at radius 1 is 1.30 bits per heavy atom. The van der Waals surface area contributed by atoms with Crippen LogP contribution in [0.25, 0.3) is 0 Å². The van der Waals surface area contributed by atoms with Crippen LogP contribution in [-0.2, 0) is 16.6 Å². The van der Waals surface area contributed by atoms with Gasteiger partial charge in [-0.2, -0.15) is 4.31 Å². The SMILES string of the molecule is CC(NC(=O)c1ccc(CN2[C@@H](C)CCC(C)S2(=O)=O)cc1)c1ncc[nH]1. The Morgan fingerprint density at radius 2 is 2.00 bits per heavy atom. The summed E-state index contributed by atoms with van der Waals surface area (Å²) < 4.78 is 26.8. The van der Waals surface area contributed by atoms with Crippen molar-refractivity contribution in [1.82, 2.24) is 19.6 Å². The predicted octanol–water partition coefficient (Wildman–Crippen LogP) is 2.60. The Balaban J connectivity index is 1.67. The molecule has 27 heavy (non-hydrogen) atoms. The first kappa shape index (κ1) is 19.6. The molecule has 3 atom stereocenters. The minimum absolute atomic E-state index is 0.0108. The molecule has 2 unspecified atom stereocenters. The number of imidazole rings is 1. The molecule has 1 saturated heterocycles. The highest BCUT2D eigenvalue weighted by atomic mass is 32.2. The lowest BCUT2D eigenvalue weighted by Crippen LogP contribution is -2.47. The molecule has 1 amide bonds. The van der Waals surface area contributed by atoms with Crippen LogP contribution in [0.3, 0.4) is 0 Å². The number of sulfonamides is 1. The third-order valence-electron chi connectivity index (χ3n) is 5.15. The van der Waals surface area contributed by atoms with Crippen LogP contribution in [0, 0.1) is 0 Å². The van der Waals surface area contributed by atoms with Crippen molar-refractivity contribution in [3.05, 3.63) is 53.6 Å². The molecule has 146 valence electrons. The number of amides is 1. The number of hydrogen-bond donors (Lipinski definition) is 2. The molecule has 2 aromatic rings. The van der Waals surface area contributed by atoms with Gasteiger partial charge in [0.15, 0.2) is 0 Å². The molecule has 1 aliphatic heterocycles. The fourth-order valence-corrected chi connectivity index (χ4v) is 5.13. The van der Waals surface area contributed by atoms with Crippen LogP contribution in [0.5, 0.6) is 0 Å². The Kier molecular flexibility index (Phi) is 5.67. The van der Waals surface area contributed by atoms with Gasteiger partial charge in [0, 0.05) is 30.5 Å². The lowest BCUT2D eigenvalue weighted by Gasteiger charge is -2.36. The molecule has 3 rings (SSSR count). The van der Waals surface area contributed by atoms with E-state index in [0.717, 1.165) is 12.0 Å². The van der Waals surface area contributed by atoms with Crippen LogP contribution < -0.4 is 5.32 Å². The van der Waals surface area contributed by atoms with Crippen LogP contribution in [0.4, 0.5) is 0 Å². The summed E-state index contributed by atoms with van der Waals surface area (Å²) in [5.74, 6) is 0.497. The monoisotopic (exact) mass is 390 g/mol. The molecule has 0 radical (unpaired) electrons. The first-order chi connectivity index (χ1) is 12.8. The maximum Gasteiger partial charge on any atom is 0.251 e.